The van der Waals surface area contributed by atoms with E-state index in [2.05, 4.69) is 20.3 Å². The van der Waals surface area contributed by atoms with Gasteiger partial charge in [-0.2, -0.15) is 5.10 Å². The Morgan fingerprint density at radius 3 is 2.73 bits per heavy atom. The summed E-state index contributed by atoms with van der Waals surface area (Å²) in [6.07, 6.45) is -4.72. The number of nitrogens with one attached hydrogen (secondary N) is 2. The molecule has 0 spiro atoms. The molecule has 1 amide bonds. The second-order valence-electron chi connectivity index (χ2n) is 6.56. The SMILES string of the molecule is Cc1cccc(-c2n[nH]c(=S)n2CCC(=O)NCc2ccccc2OC(F)(F)F)c1. The molecule has 10 heteroatoms. The van der Waals surface area contributed by atoms with Gasteiger partial charge < -0.3 is 10.1 Å². The first-order valence-corrected chi connectivity index (χ1v) is 9.46. The largest absolute Gasteiger partial charge is 0.573 e. The van der Waals surface area contributed by atoms with E-state index in [0.717, 1.165) is 11.1 Å². The molecule has 0 bridgehead atoms. The summed E-state index contributed by atoms with van der Waals surface area (Å²) < 4.78 is 43.6. The van der Waals surface area contributed by atoms with Crippen LogP contribution in [0.1, 0.15) is 17.5 Å². The quantitative estimate of drug-likeness (QED) is 0.534. The maximum absolute atomic E-state index is 12.5. The maximum atomic E-state index is 12.5. The molecule has 0 saturated carbocycles. The lowest BCUT2D eigenvalue weighted by Gasteiger charge is -2.14. The first-order chi connectivity index (χ1) is 14.2. The van der Waals surface area contributed by atoms with Crippen molar-refractivity contribution in [3.63, 3.8) is 0 Å². The maximum Gasteiger partial charge on any atom is 0.573 e. The van der Waals surface area contributed by atoms with E-state index in [4.69, 9.17) is 12.2 Å². The van der Waals surface area contributed by atoms with Crippen LogP contribution in [0.2, 0.25) is 0 Å². The number of carbonyl (C=O) groups is 1. The zero-order valence-electron chi connectivity index (χ0n) is 16.0. The molecule has 0 aliphatic carbocycles. The van der Waals surface area contributed by atoms with Gasteiger partial charge in [0.1, 0.15) is 5.75 Å². The van der Waals surface area contributed by atoms with Gasteiger partial charge in [-0.15, -0.1) is 13.2 Å². The average Bonchev–Trinajstić information content (AvgIpc) is 3.05. The van der Waals surface area contributed by atoms with Gasteiger partial charge >= 0.3 is 6.36 Å². The number of hydrogen-bond donors (Lipinski definition) is 2. The van der Waals surface area contributed by atoms with Crippen LogP contribution in [0.25, 0.3) is 11.4 Å². The third-order valence-corrected chi connectivity index (χ3v) is 4.58. The number of aryl methyl sites for hydroxylation is 1. The second-order valence-corrected chi connectivity index (χ2v) is 6.94. The Morgan fingerprint density at radius 2 is 2.00 bits per heavy atom. The fourth-order valence-electron chi connectivity index (χ4n) is 2.90. The second kappa shape index (κ2) is 9.12. The Bertz CT molecular complexity index is 1090. The number of alkyl halides is 3. The highest BCUT2D eigenvalue weighted by atomic mass is 32.1. The van der Waals surface area contributed by atoms with Gasteiger partial charge in [-0.25, -0.2) is 0 Å². The fourth-order valence-corrected chi connectivity index (χ4v) is 3.12. The number of aromatic nitrogens is 3. The standard InChI is InChI=1S/C20H19F3N4O2S/c1-13-5-4-7-14(11-13)18-25-26-19(30)27(18)10-9-17(28)24-12-15-6-2-3-8-16(15)29-20(21,22)23/h2-8,11H,9-10,12H2,1H3,(H,24,28)(H,26,30). The van der Waals surface area contributed by atoms with Gasteiger partial charge in [-0.3, -0.25) is 14.5 Å². The summed E-state index contributed by atoms with van der Waals surface area (Å²) in [4.78, 5) is 12.3. The highest BCUT2D eigenvalue weighted by Gasteiger charge is 2.32. The van der Waals surface area contributed by atoms with Gasteiger partial charge in [0, 0.05) is 30.6 Å². The number of H-pyrrole nitrogens is 1. The number of rotatable bonds is 7. The highest BCUT2D eigenvalue weighted by Crippen LogP contribution is 2.26. The van der Waals surface area contributed by atoms with Crippen LogP contribution in [-0.2, 0) is 17.9 Å². The summed E-state index contributed by atoms with van der Waals surface area (Å²) in [7, 11) is 0. The van der Waals surface area contributed by atoms with Crippen molar-refractivity contribution in [2.45, 2.75) is 32.8 Å². The molecule has 0 unspecified atom stereocenters. The normalized spacial score (nSPS) is 11.3. The number of benzene rings is 2. The lowest BCUT2D eigenvalue weighted by Crippen LogP contribution is -2.25. The molecule has 0 aliphatic heterocycles. The molecular weight excluding hydrogens is 417 g/mol. The molecule has 0 aliphatic rings. The zero-order valence-corrected chi connectivity index (χ0v) is 16.8. The zero-order chi connectivity index (χ0) is 21.7. The Hall–Kier alpha value is -3.14. The monoisotopic (exact) mass is 436 g/mol. The molecule has 0 radical (unpaired) electrons. The van der Waals surface area contributed by atoms with Gasteiger partial charge in [0.2, 0.25) is 5.91 Å². The van der Waals surface area contributed by atoms with E-state index in [1.807, 2.05) is 31.2 Å². The Kier molecular flexibility index (Phi) is 6.56. The van der Waals surface area contributed by atoms with Gasteiger partial charge in [0.25, 0.3) is 0 Å². The number of para-hydroxylation sites is 1. The van der Waals surface area contributed by atoms with Crippen LogP contribution in [0.4, 0.5) is 13.2 Å². The van der Waals surface area contributed by atoms with E-state index in [-0.39, 0.29) is 36.7 Å². The van der Waals surface area contributed by atoms with E-state index in [0.29, 0.717) is 10.6 Å². The van der Waals surface area contributed by atoms with E-state index < -0.39 is 6.36 Å². The number of hydrogen-bond acceptors (Lipinski definition) is 4. The van der Waals surface area contributed by atoms with Crippen molar-refractivity contribution in [2.75, 3.05) is 0 Å². The van der Waals surface area contributed by atoms with Crippen LogP contribution in [0.15, 0.2) is 48.5 Å². The summed E-state index contributed by atoms with van der Waals surface area (Å²) in [5.74, 6) is -0.0698. The van der Waals surface area contributed by atoms with Crippen LogP contribution < -0.4 is 10.1 Å². The van der Waals surface area contributed by atoms with Crippen LogP contribution in [0.3, 0.4) is 0 Å². The summed E-state index contributed by atoms with van der Waals surface area (Å²) in [5, 5.41) is 9.57. The Balaban J connectivity index is 1.63. The number of nitrogens with zero attached hydrogens (tertiary/aromatic N) is 2. The summed E-state index contributed by atoms with van der Waals surface area (Å²) in [6.45, 7) is 2.14. The highest BCUT2D eigenvalue weighted by molar-refractivity contribution is 7.71. The molecule has 6 nitrogen and oxygen atoms in total. The molecular formula is C20H19F3N4O2S. The lowest BCUT2D eigenvalue weighted by atomic mass is 10.1. The molecule has 0 saturated heterocycles. The molecule has 0 fully saturated rings. The fraction of sp³-hybridized carbons (Fsp3) is 0.250. The predicted octanol–water partition coefficient (Wildman–Crippen LogP) is 4.52. The van der Waals surface area contributed by atoms with Crippen molar-refractivity contribution >= 4 is 18.1 Å². The van der Waals surface area contributed by atoms with Gasteiger partial charge in [0.15, 0.2) is 10.6 Å². The van der Waals surface area contributed by atoms with E-state index in [9.17, 15) is 18.0 Å². The molecule has 158 valence electrons. The number of aromatic amines is 1. The molecule has 2 N–H and O–H groups in total. The van der Waals surface area contributed by atoms with Gasteiger partial charge in [0.05, 0.1) is 0 Å². The number of amides is 1. The number of ether oxygens (including phenoxy) is 1. The van der Waals surface area contributed by atoms with Crippen molar-refractivity contribution < 1.29 is 22.7 Å². The van der Waals surface area contributed by atoms with Crippen molar-refractivity contribution in [1.82, 2.24) is 20.1 Å². The summed E-state index contributed by atoms with van der Waals surface area (Å²) in [6, 6.07) is 13.4. The van der Waals surface area contributed by atoms with Crippen molar-refractivity contribution in [3.05, 3.63) is 64.4 Å². The predicted molar refractivity (Wildman–Crippen MR) is 107 cm³/mol. The number of carbonyl (C=O) groups excluding carboxylic acids is 1. The molecule has 2 aromatic carbocycles. The van der Waals surface area contributed by atoms with Crippen LogP contribution in [-0.4, -0.2) is 27.0 Å². The molecule has 0 atom stereocenters. The molecule has 1 heterocycles. The summed E-state index contributed by atoms with van der Waals surface area (Å²) in [5.41, 5.74) is 2.15. The smallest absolute Gasteiger partial charge is 0.405 e. The molecule has 3 aromatic rings. The van der Waals surface area contributed by atoms with E-state index in [1.165, 1.54) is 18.2 Å². The van der Waals surface area contributed by atoms with Crippen molar-refractivity contribution in [2.24, 2.45) is 0 Å². The summed E-state index contributed by atoms with van der Waals surface area (Å²) >= 11 is 5.26. The molecule has 3 rings (SSSR count). The third-order valence-electron chi connectivity index (χ3n) is 4.27. The minimum absolute atomic E-state index is 0.0783. The topological polar surface area (TPSA) is 71.9 Å². The molecule has 30 heavy (non-hydrogen) atoms. The third kappa shape index (κ3) is 5.69. The lowest BCUT2D eigenvalue weighted by molar-refractivity contribution is -0.274. The Labute approximate surface area is 175 Å². The van der Waals surface area contributed by atoms with E-state index in [1.54, 1.807) is 10.6 Å². The van der Waals surface area contributed by atoms with Crippen LogP contribution >= 0.6 is 12.2 Å². The van der Waals surface area contributed by atoms with Gasteiger partial charge in [-0.05, 0) is 31.3 Å². The van der Waals surface area contributed by atoms with Crippen LogP contribution in [0.5, 0.6) is 5.75 Å². The first-order valence-electron chi connectivity index (χ1n) is 9.05. The minimum Gasteiger partial charge on any atom is -0.405 e. The van der Waals surface area contributed by atoms with Crippen molar-refractivity contribution in [3.8, 4) is 17.1 Å². The van der Waals surface area contributed by atoms with Gasteiger partial charge in [-0.1, -0.05) is 42.0 Å². The number of halogens is 3. The first kappa shape index (κ1) is 21.6. The minimum atomic E-state index is -4.80. The van der Waals surface area contributed by atoms with E-state index >= 15 is 0 Å². The Morgan fingerprint density at radius 1 is 1.23 bits per heavy atom. The average molecular weight is 436 g/mol. The van der Waals surface area contributed by atoms with Crippen molar-refractivity contribution in [1.29, 1.82) is 0 Å². The van der Waals surface area contributed by atoms with Crippen LogP contribution in [0, 0.1) is 11.7 Å². The molecule has 1 aromatic heterocycles.